The number of esters is 1. The molecular weight excluding hydrogens is 462 g/mol. The zero-order valence-electron chi connectivity index (χ0n) is 21.1. The fraction of sp³-hybridized carbons (Fsp3) is 0.161. The normalized spacial score (nSPS) is 10.4. The Hall–Kier alpha value is -4.58. The Labute approximate surface area is 217 Å². The van der Waals surface area contributed by atoms with Gasteiger partial charge in [0.25, 0.3) is 5.91 Å². The molecule has 0 aromatic heterocycles. The number of rotatable bonds is 10. The van der Waals surface area contributed by atoms with Crippen LogP contribution in [0.25, 0.3) is 0 Å². The first-order chi connectivity index (χ1) is 18.1. The van der Waals surface area contributed by atoms with Gasteiger partial charge in [-0.3, -0.25) is 4.79 Å². The van der Waals surface area contributed by atoms with Crippen molar-refractivity contribution in [3.63, 3.8) is 0 Å². The lowest BCUT2D eigenvalue weighted by atomic mass is 10.1. The van der Waals surface area contributed by atoms with E-state index in [1.165, 1.54) is 7.11 Å². The molecule has 0 heterocycles. The number of para-hydroxylation sites is 2. The van der Waals surface area contributed by atoms with Gasteiger partial charge in [-0.05, 0) is 79.2 Å². The predicted octanol–water partition coefficient (Wildman–Crippen LogP) is 7.41. The topological polar surface area (TPSA) is 70.7 Å². The lowest BCUT2D eigenvalue weighted by Gasteiger charge is -2.25. The Morgan fingerprint density at radius 1 is 0.757 bits per heavy atom. The largest absolute Gasteiger partial charge is 0.465 e. The van der Waals surface area contributed by atoms with E-state index < -0.39 is 5.97 Å². The minimum Gasteiger partial charge on any atom is -0.465 e. The van der Waals surface area contributed by atoms with Crippen molar-refractivity contribution in [3.05, 3.63) is 114 Å². The van der Waals surface area contributed by atoms with Gasteiger partial charge in [0.05, 0.1) is 18.4 Å². The van der Waals surface area contributed by atoms with Gasteiger partial charge in [-0.25, -0.2) is 4.79 Å². The maximum absolute atomic E-state index is 12.8. The van der Waals surface area contributed by atoms with Crippen LogP contribution in [0, 0.1) is 0 Å². The first kappa shape index (κ1) is 25.5. The molecule has 0 aliphatic heterocycles. The van der Waals surface area contributed by atoms with Gasteiger partial charge in [0.2, 0.25) is 0 Å². The smallest absolute Gasteiger partial charge is 0.339 e. The maximum atomic E-state index is 12.8. The van der Waals surface area contributed by atoms with E-state index in [1.807, 2.05) is 48.5 Å². The number of ether oxygens (including phenoxy) is 1. The van der Waals surface area contributed by atoms with Crippen LogP contribution in [0.5, 0.6) is 0 Å². The summed E-state index contributed by atoms with van der Waals surface area (Å²) in [6, 6.07) is 32.5. The van der Waals surface area contributed by atoms with Gasteiger partial charge in [-0.1, -0.05) is 43.7 Å². The highest BCUT2D eigenvalue weighted by molar-refractivity contribution is 6.04. The van der Waals surface area contributed by atoms with Crippen molar-refractivity contribution in [1.82, 2.24) is 0 Å². The molecule has 0 saturated heterocycles. The van der Waals surface area contributed by atoms with Crippen molar-refractivity contribution in [2.24, 2.45) is 0 Å². The molecule has 0 radical (unpaired) electrons. The number of methoxy groups -OCH3 is 1. The number of amides is 1. The molecule has 0 aliphatic carbocycles. The number of anilines is 5. The van der Waals surface area contributed by atoms with Crippen LogP contribution in [-0.2, 0) is 4.74 Å². The van der Waals surface area contributed by atoms with Crippen molar-refractivity contribution in [3.8, 4) is 0 Å². The second-order valence-electron chi connectivity index (χ2n) is 8.58. The maximum Gasteiger partial charge on any atom is 0.339 e. The molecule has 188 valence electrons. The van der Waals surface area contributed by atoms with Crippen LogP contribution in [0.4, 0.5) is 28.4 Å². The molecule has 0 aliphatic rings. The molecule has 6 nitrogen and oxygen atoms in total. The lowest BCUT2D eigenvalue weighted by molar-refractivity contribution is 0.0601. The van der Waals surface area contributed by atoms with Gasteiger partial charge in [0, 0.05) is 34.9 Å². The molecule has 2 N–H and O–H groups in total. The average Bonchev–Trinajstić information content (AvgIpc) is 2.95. The molecule has 0 atom stereocenters. The number of nitrogens with zero attached hydrogens (tertiary/aromatic N) is 1. The van der Waals surface area contributed by atoms with E-state index in [1.54, 1.807) is 42.5 Å². The van der Waals surface area contributed by atoms with Gasteiger partial charge >= 0.3 is 5.97 Å². The Balaban J connectivity index is 1.42. The zero-order valence-corrected chi connectivity index (χ0v) is 21.1. The number of carbonyl (C=O) groups excluding carboxylic acids is 2. The summed E-state index contributed by atoms with van der Waals surface area (Å²) in [6.07, 6.45) is 2.20. The van der Waals surface area contributed by atoms with Crippen LogP contribution >= 0.6 is 0 Å². The predicted molar refractivity (Wildman–Crippen MR) is 150 cm³/mol. The monoisotopic (exact) mass is 493 g/mol. The molecule has 1 amide bonds. The first-order valence-corrected chi connectivity index (χ1v) is 12.4. The molecule has 0 fully saturated rings. The van der Waals surface area contributed by atoms with Gasteiger partial charge in [-0.15, -0.1) is 0 Å². The molecule has 0 unspecified atom stereocenters. The highest BCUT2D eigenvalue weighted by Crippen LogP contribution is 2.27. The van der Waals surface area contributed by atoms with Crippen LogP contribution < -0.4 is 15.5 Å². The highest BCUT2D eigenvalue weighted by atomic mass is 16.5. The summed E-state index contributed by atoms with van der Waals surface area (Å²) < 4.78 is 4.85. The zero-order chi connectivity index (χ0) is 26.0. The van der Waals surface area contributed by atoms with Gasteiger partial charge < -0.3 is 20.3 Å². The van der Waals surface area contributed by atoms with Gasteiger partial charge in [0.1, 0.15) is 0 Å². The molecule has 0 spiro atoms. The Kier molecular flexibility index (Phi) is 8.55. The molecule has 6 heteroatoms. The van der Waals surface area contributed by atoms with Crippen molar-refractivity contribution in [2.45, 2.75) is 19.8 Å². The Morgan fingerprint density at radius 2 is 1.38 bits per heavy atom. The van der Waals surface area contributed by atoms with Gasteiger partial charge in [-0.2, -0.15) is 0 Å². The summed E-state index contributed by atoms with van der Waals surface area (Å²) in [7, 11) is 1.35. The van der Waals surface area contributed by atoms with Crippen molar-refractivity contribution >= 4 is 40.3 Å². The summed E-state index contributed by atoms with van der Waals surface area (Å²) in [5.41, 5.74) is 5.32. The Bertz CT molecular complexity index is 1320. The minimum absolute atomic E-state index is 0.194. The number of unbranched alkanes of at least 4 members (excludes halogenated alkanes) is 1. The summed E-state index contributed by atoms with van der Waals surface area (Å²) in [5.74, 6) is -0.609. The second kappa shape index (κ2) is 12.4. The van der Waals surface area contributed by atoms with E-state index in [0.717, 1.165) is 42.1 Å². The van der Waals surface area contributed by atoms with E-state index in [0.29, 0.717) is 16.8 Å². The standard InChI is InChI=1S/C31H31N3O3/c1-3-4-22-34(26-10-6-5-7-11-26)27-20-18-25(19-21-27)33-30(35)23-14-16-24(17-15-23)32-29-13-9-8-12-28(29)31(36)37-2/h5-21,32H,3-4,22H2,1-2H3,(H,33,35). The van der Waals surface area contributed by atoms with E-state index in [9.17, 15) is 9.59 Å². The lowest BCUT2D eigenvalue weighted by Crippen LogP contribution is -2.18. The summed E-state index contributed by atoms with van der Waals surface area (Å²) in [6.45, 7) is 3.11. The quantitative estimate of drug-likeness (QED) is 0.225. The molecule has 37 heavy (non-hydrogen) atoms. The number of carbonyl (C=O) groups is 2. The van der Waals surface area contributed by atoms with Gasteiger partial charge in [0.15, 0.2) is 0 Å². The third-order valence-electron chi connectivity index (χ3n) is 6.00. The summed E-state index contributed by atoms with van der Waals surface area (Å²) in [5, 5.41) is 6.18. The molecule has 4 aromatic carbocycles. The van der Waals surface area contributed by atoms with Crippen molar-refractivity contribution in [1.29, 1.82) is 0 Å². The first-order valence-electron chi connectivity index (χ1n) is 12.4. The third kappa shape index (κ3) is 6.55. The minimum atomic E-state index is -0.414. The average molecular weight is 494 g/mol. The number of nitrogens with one attached hydrogen (secondary N) is 2. The summed E-state index contributed by atoms with van der Waals surface area (Å²) in [4.78, 5) is 27.1. The van der Waals surface area contributed by atoms with E-state index in [4.69, 9.17) is 4.74 Å². The van der Waals surface area contributed by atoms with Crippen molar-refractivity contribution < 1.29 is 14.3 Å². The number of hydrogen-bond acceptors (Lipinski definition) is 5. The number of hydrogen-bond donors (Lipinski definition) is 2. The molecule has 4 aromatic rings. The fourth-order valence-electron chi connectivity index (χ4n) is 4.00. The fourth-order valence-corrected chi connectivity index (χ4v) is 4.00. The van der Waals surface area contributed by atoms with Crippen LogP contribution in [0.15, 0.2) is 103 Å². The molecule has 0 saturated carbocycles. The highest BCUT2D eigenvalue weighted by Gasteiger charge is 2.13. The second-order valence-corrected chi connectivity index (χ2v) is 8.58. The van der Waals surface area contributed by atoms with E-state index >= 15 is 0 Å². The van der Waals surface area contributed by atoms with Crippen LogP contribution in [0.2, 0.25) is 0 Å². The van der Waals surface area contributed by atoms with Crippen molar-refractivity contribution in [2.75, 3.05) is 29.2 Å². The molecule has 0 bridgehead atoms. The third-order valence-corrected chi connectivity index (χ3v) is 6.00. The summed E-state index contributed by atoms with van der Waals surface area (Å²) >= 11 is 0. The Morgan fingerprint density at radius 3 is 2.05 bits per heavy atom. The van der Waals surface area contributed by atoms with Crippen LogP contribution in [0.3, 0.4) is 0 Å². The van der Waals surface area contributed by atoms with E-state index in [-0.39, 0.29) is 5.91 Å². The molecule has 4 rings (SSSR count). The number of benzene rings is 4. The van der Waals surface area contributed by atoms with E-state index in [2.05, 4.69) is 34.6 Å². The van der Waals surface area contributed by atoms with Crippen LogP contribution in [0.1, 0.15) is 40.5 Å². The SMILES string of the molecule is CCCCN(c1ccccc1)c1ccc(NC(=O)c2ccc(Nc3ccccc3C(=O)OC)cc2)cc1. The van der Waals surface area contributed by atoms with Crippen LogP contribution in [-0.4, -0.2) is 25.5 Å². The molecular formula is C31H31N3O3.